The maximum absolute atomic E-state index is 5.97. The van der Waals surface area contributed by atoms with E-state index in [4.69, 9.17) is 9.47 Å². The van der Waals surface area contributed by atoms with Crippen molar-refractivity contribution in [2.45, 2.75) is 46.6 Å². The van der Waals surface area contributed by atoms with Crippen LogP contribution in [0.25, 0.3) is 0 Å². The van der Waals surface area contributed by atoms with Crippen LogP contribution in [-0.2, 0) is 0 Å². The SMILES string of the molecule is CCCNC(C)c1ccc(OC)cc1OCCC(C)C. The van der Waals surface area contributed by atoms with Crippen LogP contribution in [0.4, 0.5) is 0 Å². The monoisotopic (exact) mass is 279 g/mol. The first-order chi connectivity index (χ1) is 9.58. The van der Waals surface area contributed by atoms with Gasteiger partial charge in [-0.05, 0) is 38.3 Å². The Hall–Kier alpha value is -1.22. The van der Waals surface area contributed by atoms with E-state index in [1.165, 1.54) is 5.56 Å². The molecular weight excluding hydrogens is 250 g/mol. The number of hydrogen-bond donors (Lipinski definition) is 1. The quantitative estimate of drug-likeness (QED) is 0.735. The Morgan fingerprint density at radius 2 is 1.95 bits per heavy atom. The first-order valence-electron chi connectivity index (χ1n) is 7.62. The molecule has 0 amide bonds. The first-order valence-corrected chi connectivity index (χ1v) is 7.62. The summed E-state index contributed by atoms with van der Waals surface area (Å²) in [7, 11) is 1.69. The summed E-state index contributed by atoms with van der Waals surface area (Å²) in [5.74, 6) is 2.43. The molecule has 0 aliphatic heterocycles. The molecule has 0 spiro atoms. The number of ether oxygens (including phenoxy) is 2. The maximum Gasteiger partial charge on any atom is 0.127 e. The van der Waals surface area contributed by atoms with Crippen LogP contribution in [0.3, 0.4) is 0 Å². The van der Waals surface area contributed by atoms with Gasteiger partial charge in [-0.25, -0.2) is 0 Å². The average Bonchev–Trinajstić information content (AvgIpc) is 2.44. The molecule has 0 bridgehead atoms. The zero-order valence-electron chi connectivity index (χ0n) is 13.5. The standard InChI is InChI=1S/C17H29NO2/c1-6-10-18-14(4)16-8-7-15(19-5)12-17(16)20-11-9-13(2)3/h7-8,12-14,18H,6,9-11H2,1-5H3. The number of rotatable bonds is 9. The summed E-state index contributed by atoms with van der Waals surface area (Å²) in [6.45, 7) is 10.5. The van der Waals surface area contributed by atoms with Crippen LogP contribution in [0, 0.1) is 5.92 Å². The lowest BCUT2D eigenvalue weighted by Crippen LogP contribution is -2.20. The Labute approximate surface area is 123 Å². The number of hydrogen-bond acceptors (Lipinski definition) is 3. The van der Waals surface area contributed by atoms with E-state index in [1.807, 2.05) is 12.1 Å². The second-order valence-corrected chi connectivity index (χ2v) is 5.61. The Morgan fingerprint density at radius 3 is 2.55 bits per heavy atom. The molecule has 114 valence electrons. The van der Waals surface area contributed by atoms with E-state index in [1.54, 1.807) is 7.11 Å². The van der Waals surface area contributed by atoms with Gasteiger partial charge in [-0.3, -0.25) is 0 Å². The van der Waals surface area contributed by atoms with Crippen molar-refractivity contribution in [3.63, 3.8) is 0 Å². The lowest BCUT2D eigenvalue weighted by Gasteiger charge is -2.19. The van der Waals surface area contributed by atoms with Crippen molar-refractivity contribution >= 4 is 0 Å². The summed E-state index contributed by atoms with van der Waals surface area (Å²) in [5.41, 5.74) is 1.20. The highest BCUT2D eigenvalue weighted by Crippen LogP contribution is 2.30. The predicted octanol–water partition coefficient (Wildman–Crippen LogP) is 4.18. The van der Waals surface area contributed by atoms with E-state index < -0.39 is 0 Å². The van der Waals surface area contributed by atoms with Gasteiger partial charge >= 0.3 is 0 Å². The molecule has 0 aromatic heterocycles. The van der Waals surface area contributed by atoms with Gasteiger partial charge in [-0.1, -0.05) is 26.8 Å². The molecule has 1 atom stereocenters. The van der Waals surface area contributed by atoms with Crippen LogP contribution in [0.5, 0.6) is 11.5 Å². The molecule has 1 N–H and O–H groups in total. The molecule has 0 saturated carbocycles. The fraction of sp³-hybridized carbons (Fsp3) is 0.647. The third-order valence-electron chi connectivity index (χ3n) is 3.34. The van der Waals surface area contributed by atoms with E-state index in [0.29, 0.717) is 5.92 Å². The zero-order chi connectivity index (χ0) is 15.0. The minimum Gasteiger partial charge on any atom is -0.497 e. The molecule has 0 heterocycles. The highest BCUT2D eigenvalue weighted by molar-refractivity contribution is 5.42. The van der Waals surface area contributed by atoms with Crippen LogP contribution in [0.2, 0.25) is 0 Å². The van der Waals surface area contributed by atoms with Gasteiger partial charge in [0, 0.05) is 17.7 Å². The minimum atomic E-state index is 0.287. The Balaban J connectivity index is 2.80. The van der Waals surface area contributed by atoms with E-state index in [0.717, 1.165) is 37.5 Å². The molecule has 0 fully saturated rings. The number of benzene rings is 1. The van der Waals surface area contributed by atoms with Crippen molar-refractivity contribution in [2.75, 3.05) is 20.3 Å². The van der Waals surface area contributed by atoms with Crippen LogP contribution in [0.15, 0.2) is 18.2 Å². The molecule has 3 heteroatoms. The molecule has 0 saturated heterocycles. The first kappa shape index (κ1) is 16.8. The normalized spacial score (nSPS) is 12.5. The number of nitrogens with one attached hydrogen (secondary N) is 1. The summed E-state index contributed by atoms with van der Waals surface area (Å²) in [6.07, 6.45) is 2.19. The van der Waals surface area contributed by atoms with Crippen LogP contribution in [-0.4, -0.2) is 20.3 Å². The zero-order valence-corrected chi connectivity index (χ0v) is 13.5. The van der Waals surface area contributed by atoms with Crippen molar-refractivity contribution in [2.24, 2.45) is 5.92 Å². The Bertz CT molecular complexity index is 391. The maximum atomic E-state index is 5.97. The van der Waals surface area contributed by atoms with Crippen LogP contribution >= 0.6 is 0 Å². The third-order valence-corrected chi connectivity index (χ3v) is 3.34. The van der Waals surface area contributed by atoms with Gasteiger partial charge in [0.05, 0.1) is 13.7 Å². The third kappa shape index (κ3) is 5.41. The molecule has 1 aromatic rings. The van der Waals surface area contributed by atoms with Gasteiger partial charge in [0.15, 0.2) is 0 Å². The van der Waals surface area contributed by atoms with Crippen molar-refractivity contribution in [3.8, 4) is 11.5 Å². The highest BCUT2D eigenvalue weighted by Gasteiger charge is 2.12. The van der Waals surface area contributed by atoms with Crippen molar-refractivity contribution < 1.29 is 9.47 Å². The van der Waals surface area contributed by atoms with Gasteiger partial charge in [0.25, 0.3) is 0 Å². The topological polar surface area (TPSA) is 30.5 Å². The number of methoxy groups -OCH3 is 1. The van der Waals surface area contributed by atoms with Gasteiger partial charge in [0.2, 0.25) is 0 Å². The molecule has 1 aromatic carbocycles. The summed E-state index contributed by atoms with van der Waals surface area (Å²) in [6, 6.07) is 6.36. The predicted molar refractivity (Wildman–Crippen MR) is 84.7 cm³/mol. The van der Waals surface area contributed by atoms with Crippen molar-refractivity contribution in [3.05, 3.63) is 23.8 Å². The molecule has 20 heavy (non-hydrogen) atoms. The van der Waals surface area contributed by atoms with Gasteiger partial charge in [-0.15, -0.1) is 0 Å². The van der Waals surface area contributed by atoms with Gasteiger partial charge in [-0.2, -0.15) is 0 Å². The fourth-order valence-electron chi connectivity index (χ4n) is 2.00. The van der Waals surface area contributed by atoms with Gasteiger partial charge < -0.3 is 14.8 Å². The Kier molecular flexibility index (Phi) is 7.45. The summed E-state index contributed by atoms with van der Waals surface area (Å²) < 4.78 is 11.3. The van der Waals surface area contributed by atoms with Gasteiger partial charge in [0.1, 0.15) is 11.5 Å². The van der Waals surface area contributed by atoms with E-state index >= 15 is 0 Å². The summed E-state index contributed by atoms with van der Waals surface area (Å²) in [5, 5.41) is 3.50. The largest absolute Gasteiger partial charge is 0.497 e. The molecule has 0 aliphatic rings. The lowest BCUT2D eigenvalue weighted by molar-refractivity contribution is 0.282. The van der Waals surface area contributed by atoms with Crippen molar-refractivity contribution in [1.29, 1.82) is 0 Å². The fourth-order valence-corrected chi connectivity index (χ4v) is 2.00. The van der Waals surface area contributed by atoms with E-state index in [-0.39, 0.29) is 6.04 Å². The molecule has 3 nitrogen and oxygen atoms in total. The second kappa shape index (κ2) is 8.85. The highest BCUT2D eigenvalue weighted by atomic mass is 16.5. The molecule has 0 radical (unpaired) electrons. The summed E-state index contributed by atoms with van der Waals surface area (Å²) >= 11 is 0. The minimum absolute atomic E-state index is 0.287. The average molecular weight is 279 g/mol. The molecule has 1 unspecified atom stereocenters. The second-order valence-electron chi connectivity index (χ2n) is 5.61. The molecule has 0 aliphatic carbocycles. The Morgan fingerprint density at radius 1 is 1.20 bits per heavy atom. The van der Waals surface area contributed by atoms with Crippen LogP contribution < -0.4 is 14.8 Å². The van der Waals surface area contributed by atoms with E-state index in [2.05, 4.69) is 39.1 Å². The van der Waals surface area contributed by atoms with Crippen LogP contribution in [0.1, 0.15) is 52.1 Å². The summed E-state index contributed by atoms with van der Waals surface area (Å²) in [4.78, 5) is 0. The molecule has 1 rings (SSSR count). The molecular formula is C17H29NO2. The smallest absolute Gasteiger partial charge is 0.127 e. The van der Waals surface area contributed by atoms with Crippen molar-refractivity contribution in [1.82, 2.24) is 5.32 Å². The lowest BCUT2D eigenvalue weighted by atomic mass is 10.1. The van der Waals surface area contributed by atoms with E-state index in [9.17, 15) is 0 Å².